The summed E-state index contributed by atoms with van der Waals surface area (Å²) in [5, 5.41) is 0. The maximum absolute atomic E-state index is 12.5. The standard InChI is InChI=1S/C23H26N2O4/c1-24-22(26)16-29-21-15-25(10-9-23(21,24)18-5-3-2-4-6-18)14-17-7-8-19-20(13-17)28-12-11-27-19/h2-8,13,21H,9-12,14-16H2,1H3/t21-,23+/m1/s1. The van der Waals surface area contributed by atoms with Crippen molar-refractivity contribution in [2.45, 2.75) is 24.6 Å². The van der Waals surface area contributed by atoms with E-state index in [-0.39, 0.29) is 18.6 Å². The molecule has 3 aliphatic heterocycles. The monoisotopic (exact) mass is 394 g/mol. The number of amides is 1. The zero-order chi connectivity index (χ0) is 19.8. The number of carbonyl (C=O) groups is 1. The summed E-state index contributed by atoms with van der Waals surface area (Å²) in [7, 11) is 1.92. The van der Waals surface area contributed by atoms with Gasteiger partial charge in [-0.15, -0.1) is 0 Å². The molecule has 0 saturated carbocycles. The summed E-state index contributed by atoms with van der Waals surface area (Å²) in [4.78, 5) is 16.8. The summed E-state index contributed by atoms with van der Waals surface area (Å²) in [6.07, 6.45) is 0.785. The highest BCUT2D eigenvalue weighted by Gasteiger charge is 2.52. The average molecular weight is 394 g/mol. The van der Waals surface area contributed by atoms with E-state index in [4.69, 9.17) is 14.2 Å². The molecular weight excluding hydrogens is 368 g/mol. The van der Waals surface area contributed by atoms with Crippen molar-refractivity contribution in [1.29, 1.82) is 0 Å². The quantitative estimate of drug-likeness (QED) is 0.800. The maximum atomic E-state index is 12.5. The summed E-state index contributed by atoms with van der Waals surface area (Å²) >= 11 is 0. The number of benzene rings is 2. The Morgan fingerprint density at radius 3 is 2.69 bits per heavy atom. The van der Waals surface area contributed by atoms with Crippen LogP contribution in [0, 0.1) is 0 Å². The lowest BCUT2D eigenvalue weighted by atomic mass is 9.76. The van der Waals surface area contributed by atoms with Crippen molar-refractivity contribution in [3.63, 3.8) is 0 Å². The summed E-state index contributed by atoms with van der Waals surface area (Å²) < 4.78 is 17.5. The van der Waals surface area contributed by atoms with Gasteiger partial charge in [0.25, 0.3) is 0 Å². The van der Waals surface area contributed by atoms with E-state index in [1.54, 1.807) is 0 Å². The fourth-order valence-electron chi connectivity index (χ4n) is 4.87. The molecule has 2 atom stereocenters. The Morgan fingerprint density at radius 2 is 1.86 bits per heavy atom. The van der Waals surface area contributed by atoms with Gasteiger partial charge in [-0.05, 0) is 29.7 Å². The van der Waals surface area contributed by atoms with Gasteiger partial charge in [0, 0.05) is 26.7 Å². The van der Waals surface area contributed by atoms with E-state index in [2.05, 4.69) is 29.2 Å². The van der Waals surface area contributed by atoms with Gasteiger partial charge in [0.1, 0.15) is 19.8 Å². The van der Waals surface area contributed by atoms with E-state index in [1.807, 2.05) is 36.2 Å². The second-order valence-electron chi connectivity index (χ2n) is 8.01. The minimum absolute atomic E-state index is 0.0467. The SMILES string of the molecule is CN1C(=O)CO[C@@H]2CN(Cc3ccc4c(c3)OCCO4)CC[C@]21c1ccccc1. The fourth-order valence-corrected chi connectivity index (χ4v) is 4.87. The molecule has 0 N–H and O–H groups in total. The van der Waals surface area contributed by atoms with Crippen molar-refractivity contribution >= 4 is 5.91 Å². The van der Waals surface area contributed by atoms with Crippen LogP contribution >= 0.6 is 0 Å². The van der Waals surface area contributed by atoms with Crippen LogP contribution in [0.4, 0.5) is 0 Å². The van der Waals surface area contributed by atoms with Gasteiger partial charge in [-0.3, -0.25) is 9.69 Å². The molecule has 0 unspecified atom stereocenters. The van der Waals surface area contributed by atoms with Crippen molar-refractivity contribution in [2.24, 2.45) is 0 Å². The number of carbonyl (C=O) groups excluding carboxylic acids is 1. The Bertz CT molecular complexity index is 903. The third-order valence-electron chi connectivity index (χ3n) is 6.43. The predicted octanol–water partition coefficient (Wildman–Crippen LogP) is 2.42. The van der Waals surface area contributed by atoms with Gasteiger partial charge in [0.2, 0.25) is 5.91 Å². The molecule has 0 aliphatic carbocycles. The average Bonchev–Trinajstić information content (AvgIpc) is 2.77. The molecule has 6 heteroatoms. The Labute approximate surface area is 171 Å². The number of ether oxygens (including phenoxy) is 3. The van der Waals surface area contributed by atoms with Crippen molar-refractivity contribution in [1.82, 2.24) is 9.80 Å². The predicted molar refractivity (Wildman–Crippen MR) is 108 cm³/mol. The first-order valence-electron chi connectivity index (χ1n) is 10.2. The number of nitrogens with zero attached hydrogens (tertiary/aromatic N) is 2. The molecule has 152 valence electrons. The lowest BCUT2D eigenvalue weighted by Gasteiger charge is -2.55. The highest BCUT2D eigenvalue weighted by Crippen LogP contribution is 2.42. The second kappa shape index (κ2) is 7.35. The number of hydrogen-bond acceptors (Lipinski definition) is 5. The normalized spacial score (nSPS) is 26.9. The van der Waals surface area contributed by atoms with Crippen LogP contribution in [0.15, 0.2) is 48.5 Å². The van der Waals surface area contributed by atoms with Crippen LogP contribution < -0.4 is 9.47 Å². The third kappa shape index (κ3) is 3.16. The highest BCUT2D eigenvalue weighted by atomic mass is 16.6. The van der Waals surface area contributed by atoms with Crippen LogP contribution in [0.3, 0.4) is 0 Å². The molecule has 0 bridgehead atoms. The Morgan fingerprint density at radius 1 is 1.07 bits per heavy atom. The van der Waals surface area contributed by atoms with E-state index < -0.39 is 5.54 Å². The molecule has 0 spiro atoms. The molecule has 6 nitrogen and oxygen atoms in total. The number of morpholine rings is 1. The fraction of sp³-hybridized carbons (Fsp3) is 0.435. The zero-order valence-electron chi connectivity index (χ0n) is 16.7. The lowest BCUT2D eigenvalue weighted by molar-refractivity contribution is -0.183. The van der Waals surface area contributed by atoms with E-state index >= 15 is 0 Å². The van der Waals surface area contributed by atoms with Crippen LogP contribution in [0.1, 0.15) is 17.5 Å². The van der Waals surface area contributed by atoms with Crippen LogP contribution in [-0.2, 0) is 21.6 Å². The minimum atomic E-state index is -0.403. The number of piperidine rings is 1. The van der Waals surface area contributed by atoms with Crippen LogP contribution in [-0.4, -0.2) is 61.8 Å². The maximum Gasteiger partial charge on any atom is 0.249 e. The molecule has 3 heterocycles. The first kappa shape index (κ1) is 18.5. The van der Waals surface area contributed by atoms with Crippen molar-refractivity contribution in [2.75, 3.05) is 40.0 Å². The van der Waals surface area contributed by atoms with Crippen LogP contribution in [0.5, 0.6) is 11.5 Å². The minimum Gasteiger partial charge on any atom is -0.486 e. The molecule has 2 saturated heterocycles. The van der Waals surface area contributed by atoms with Gasteiger partial charge in [-0.1, -0.05) is 36.4 Å². The number of rotatable bonds is 3. The van der Waals surface area contributed by atoms with Gasteiger partial charge in [0.05, 0.1) is 11.6 Å². The molecule has 0 radical (unpaired) electrons. The second-order valence-corrected chi connectivity index (χ2v) is 8.01. The van der Waals surface area contributed by atoms with E-state index in [9.17, 15) is 4.79 Å². The molecule has 2 aromatic carbocycles. The van der Waals surface area contributed by atoms with Gasteiger partial charge in [0.15, 0.2) is 11.5 Å². The smallest absolute Gasteiger partial charge is 0.249 e. The van der Waals surface area contributed by atoms with Gasteiger partial charge in [-0.25, -0.2) is 0 Å². The summed E-state index contributed by atoms with van der Waals surface area (Å²) in [6.45, 7) is 3.83. The Hall–Kier alpha value is -2.57. The third-order valence-corrected chi connectivity index (χ3v) is 6.43. The number of likely N-dealkylation sites (N-methyl/N-ethyl adjacent to an activating group) is 1. The summed E-state index contributed by atoms with van der Waals surface area (Å²) in [5.41, 5.74) is 1.95. The van der Waals surface area contributed by atoms with Crippen molar-refractivity contribution < 1.29 is 19.0 Å². The molecular formula is C23H26N2O4. The topological polar surface area (TPSA) is 51.2 Å². The summed E-state index contributed by atoms with van der Waals surface area (Å²) in [5.74, 6) is 1.69. The Kier molecular flexibility index (Phi) is 4.68. The first-order chi connectivity index (χ1) is 14.2. The zero-order valence-corrected chi connectivity index (χ0v) is 16.7. The Balaban J connectivity index is 1.38. The number of likely N-dealkylation sites (tertiary alicyclic amines) is 1. The number of hydrogen-bond donors (Lipinski definition) is 0. The van der Waals surface area contributed by atoms with Crippen molar-refractivity contribution in [3.8, 4) is 11.5 Å². The molecule has 2 aromatic rings. The molecule has 29 heavy (non-hydrogen) atoms. The van der Waals surface area contributed by atoms with E-state index in [0.29, 0.717) is 13.2 Å². The van der Waals surface area contributed by atoms with Crippen LogP contribution in [0.2, 0.25) is 0 Å². The van der Waals surface area contributed by atoms with Gasteiger partial charge in [-0.2, -0.15) is 0 Å². The molecule has 1 amide bonds. The van der Waals surface area contributed by atoms with Gasteiger partial charge < -0.3 is 19.1 Å². The molecule has 0 aromatic heterocycles. The molecule has 5 rings (SSSR count). The van der Waals surface area contributed by atoms with Crippen LogP contribution in [0.25, 0.3) is 0 Å². The van der Waals surface area contributed by atoms with Crippen molar-refractivity contribution in [3.05, 3.63) is 59.7 Å². The molecule has 2 fully saturated rings. The van der Waals surface area contributed by atoms with E-state index in [0.717, 1.165) is 43.1 Å². The highest BCUT2D eigenvalue weighted by molar-refractivity contribution is 5.79. The lowest BCUT2D eigenvalue weighted by Crippen LogP contribution is -2.66. The van der Waals surface area contributed by atoms with E-state index in [1.165, 1.54) is 5.56 Å². The number of fused-ring (bicyclic) bond motifs is 2. The first-order valence-corrected chi connectivity index (χ1v) is 10.2. The molecule has 3 aliphatic rings. The van der Waals surface area contributed by atoms with Gasteiger partial charge >= 0.3 is 0 Å². The summed E-state index contributed by atoms with van der Waals surface area (Å²) in [6, 6.07) is 16.5. The largest absolute Gasteiger partial charge is 0.486 e.